The Morgan fingerprint density at radius 2 is 0.808 bits per heavy atom. The van der Waals surface area contributed by atoms with Crippen molar-refractivity contribution >= 4 is 18.4 Å². The molecule has 4 aromatic carbocycles. The van der Waals surface area contributed by atoms with Crippen LogP contribution in [0, 0.1) is 0 Å². The van der Waals surface area contributed by atoms with E-state index in [0.29, 0.717) is 0 Å². The average molecular weight is 354 g/mol. The van der Waals surface area contributed by atoms with Crippen LogP contribution in [-0.2, 0) is 4.57 Å². The largest absolute Gasteiger partial charge is 0.317 e. The molecule has 0 aliphatic rings. The molecule has 126 valence electrons. The number of rotatable bonds is 4. The first-order valence-electron chi connectivity index (χ1n) is 8.67. The van der Waals surface area contributed by atoms with E-state index in [1.165, 1.54) is 0 Å². The van der Waals surface area contributed by atoms with Crippen LogP contribution in [-0.4, -0.2) is 0 Å². The van der Waals surface area contributed by atoms with Crippen molar-refractivity contribution in [1.29, 1.82) is 0 Å². The first-order chi connectivity index (χ1) is 12.8. The van der Waals surface area contributed by atoms with Crippen molar-refractivity contribution in [3.63, 3.8) is 0 Å². The predicted molar refractivity (Wildman–Crippen MR) is 112 cm³/mol. The molecule has 0 radical (unpaired) electrons. The van der Waals surface area contributed by atoms with Gasteiger partial charge in [0.05, 0.1) is 0 Å². The number of hydrogen-bond acceptors (Lipinski definition) is 1. The second-order valence-corrected chi connectivity index (χ2v) is 8.04. The summed E-state index contributed by atoms with van der Waals surface area (Å²) in [5.74, 6) is 0. The lowest BCUT2D eigenvalue weighted by Gasteiger charge is -2.08. The van der Waals surface area contributed by atoms with Crippen LogP contribution in [0.2, 0.25) is 0 Å². The van der Waals surface area contributed by atoms with Gasteiger partial charge in [0, 0.05) is 10.6 Å². The third-order valence-corrected chi connectivity index (χ3v) is 6.13. The zero-order valence-electron chi connectivity index (χ0n) is 14.3. The highest BCUT2D eigenvalue weighted by molar-refractivity contribution is 7.61. The molecule has 4 aromatic rings. The molecule has 0 bridgehead atoms. The van der Waals surface area contributed by atoms with Crippen LogP contribution in [0.4, 0.5) is 0 Å². The van der Waals surface area contributed by atoms with Gasteiger partial charge in [0.15, 0.2) is 0 Å². The van der Waals surface area contributed by atoms with Crippen LogP contribution in [0.5, 0.6) is 0 Å². The zero-order valence-corrected chi connectivity index (χ0v) is 15.3. The van der Waals surface area contributed by atoms with Crippen molar-refractivity contribution < 1.29 is 4.57 Å². The normalized spacial score (nSPS) is 10.8. The van der Waals surface area contributed by atoms with Crippen molar-refractivity contribution in [1.82, 2.24) is 0 Å². The Balaban J connectivity index is 1.69. The summed E-state index contributed by atoms with van der Waals surface area (Å²) in [6, 6.07) is 36.5. The molecular weight excluding hydrogens is 335 g/mol. The van der Waals surface area contributed by atoms with Gasteiger partial charge in [-0.1, -0.05) is 97.1 Å². The Kier molecular flexibility index (Phi) is 4.82. The molecule has 0 atom stereocenters. The van der Waals surface area contributed by atoms with Gasteiger partial charge in [-0.3, -0.25) is 0 Å². The summed E-state index contributed by atoms with van der Waals surface area (Å²) in [5, 5.41) is 1.78. The molecule has 0 spiro atoms. The maximum atomic E-state index is 13.2. The lowest BCUT2D eigenvalue weighted by atomic mass is 10.1. The lowest BCUT2D eigenvalue weighted by molar-refractivity contribution is 0.598. The third kappa shape index (κ3) is 3.54. The number of benzene rings is 4. The minimum Gasteiger partial charge on any atom is -0.317 e. The van der Waals surface area contributed by atoms with E-state index in [1.807, 2.05) is 72.8 Å². The Labute approximate surface area is 154 Å². The molecule has 4 rings (SSSR count). The van der Waals surface area contributed by atoms with Crippen molar-refractivity contribution in [3.05, 3.63) is 109 Å². The van der Waals surface area contributed by atoms with Crippen LogP contribution in [0.3, 0.4) is 0 Å². The van der Waals surface area contributed by atoms with E-state index in [9.17, 15) is 4.57 Å². The molecule has 2 heteroatoms. The summed E-state index contributed by atoms with van der Waals surface area (Å²) < 4.78 is 13.2. The Hall–Kier alpha value is -2.89. The fourth-order valence-corrected chi connectivity index (χ4v) is 4.51. The first-order valence-corrected chi connectivity index (χ1v) is 10.1. The van der Waals surface area contributed by atoms with Crippen molar-refractivity contribution in [2.75, 3.05) is 0 Å². The minimum absolute atomic E-state index is 0.890. The topological polar surface area (TPSA) is 17.1 Å². The minimum atomic E-state index is -2.05. The standard InChI is InChI=1S/C24H19OP/c25-26(23-15-7-13-21(17-23)19-9-3-1-4-10-19)24-16-8-14-22(18-24)20-11-5-2-6-12-20/h1-18,26H. The quantitative estimate of drug-likeness (QED) is 0.440. The Bertz CT molecular complexity index is 955. The second kappa shape index (κ2) is 7.56. The summed E-state index contributed by atoms with van der Waals surface area (Å²) in [6.45, 7) is 0. The van der Waals surface area contributed by atoms with Gasteiger partial charge < -0.3 is 4.57 Å². The van der Waals surface area contributed by atoms with Gasteiger partial charge >= 0.3 is 0 Å². The highest BCUT2D eigenvalue weighted by Gasteiger charge is 2.09. The van der Waals surface area contributed by atoms with E-state index in [0.717, 1.165) is 32.9 Å². The van der Waals surface area contributed by atoms with Gasteiger partial charge in [-0.15, -0.1) is 0 Å². The summed E-state index contributed by atoms with van der Waals surface area (Å²) >= 11 is 0. The summed E-state index contributed by atoms with van der Waals surface area (Å²) in [7, 11) is -2.05. The van der Waals surface area contributed by atoms with Gasteiger partial charge in [-0.2, -0.15) is 0 Å². The number of hydrogen-bond donors (Lipinski definition) is 0. The Morgan fingerprint density at radius 1 is 0.423 bits per heavy atom. The van der Waals surface area contributed by atoms with Crippen LogP contribution in [0.25, 0.3) is 22.3 Å². The smallest absolute Gasteiger partial charge is 0.131 e. The van der Waals surface area contributed by atoms with E-state index in [-0.39, 0.29) is 0 Å². The molecule has 26 heavy (non-hydrogen) atoms. The summed E-state index contributed by atoms with van der Waals surface area (Å²) in [6.07, 6.45) is 0. The predicted octanol–water partition coefficient (Wildman–Crippen LogP) is 5.53. The Morgan fingerprint density at radius 3 is 1.23 bits per heavy atom. The molecular formula is C24H19OP. The molecule has 0 heterocycles. The fraction of sp³-hybridized carbons (Fsp3) is 0. The molecule has 0 aliphatic heterocycles. The van der Waals surface area contributed by atoms with Crippen molar-refractivity contribution in [2.45, 2.75) is 0 Å². The zero-order chi connectivity index (χ0) is 17.8. The van der Waals surface area contributed by atoms with Crippen LogP contribution >= 0.6 is 7.80 Å². The van der Waals surface area contributed by atoms with Gasteiger partial charge in [-0.05, 0) is 34.4 Å². The SMILES string of the molecule is O=[PH](c1cccc(-c2ccccc2)c1)c1cccc(-c2ccccc2)c1. The van der Waals surface area contributed by atoms with E-state index < -0.39 is 7.80 Å². The summed E-state index contributed by atoms with van der Waals surface area (Å²) in [5.41, 5.74) is 4.48. The van der Waals surface area contributed by atoms with Crippen LogP contribution in [0.15, 0.2) is 109 Å². The molecule has 0 saturated heterocycles. The lowest BCUT2D eigenvalue weighted by Crippen LogP contribution is -2.07. The molecule has 0 N–H and O–H groups in total. The third-order valence-electron chi connectivity index (χ3n) is 4.46. The highest BCUT2D eigenvalue weighted by atomic mass is 31.1. The summed E-state index contributed by atoms with van der Waals surface area (Å²) in [4.78, 5) is 0. The maximum Gasteiger partial charge on any atom is 0.131 e. The molecule has 0 fully saturated rings. The maximum absolute atomic E-state index is 13.2. The molecule has 0 saturated carbocycles. The molecule has 0 aromatic heterocycles. The van der Waals surface area contributed by atoms with Crippen LogP contribution < -0.4 is 10.6 Å². The van der Waals surface area contributed by atoms with E-state index in [2.05, 4.69) is 36.4 Å². The second-order valence-electron chi connectivity index (χ2n) is 6.22. The fourth-order valence-electron chi connectivity index (χ4n) is 3.11. The van der Waals surface area contributed by atoms with Crippen molar-refractivity contribution in [3.8, 4) is 22.3 Å². The van der Waals surface area contributed by atoms with E-state index in [1.54, 1.807) is 0 Å². The van der Waals surface area contributed by atoms with Gasteiger partial charge in [0.25, 0.3) is 0 Å². The van der Waals surface area contributed by atoms with Crippen molar-refractivity contribution in [2.24, 2.45) is 0 Å². The highest BCUT2D eigenvalue weighted by Crippen LogP contribution is 2.26. The first kappa shape index (κ1) is 16.6. The van der Waals surface area contributed by atoms with Crippen LogP contribution in [0.1, 0.15) is 0 Å². The van der Waals surface area contributed by atoms with Gasteiger partial charge in [-0.25, -0.2) is 0 Å². The van der Waals surface area contributed by atoms with E-state index >= 15 is 0 Å². The molecule has 0 unspecified atom stereocenters. The molecule has 0 aliphatic carbocycles. The molecule has 1 nitrogen and oxygen atoms in total. The van der Waals surface area contributed by atoms with Gasteiger partial charge in [0.1, 0.15) is 7.80 Å². The van der Waals surface area contributed by atoms with E-state index in [4.69, 9.17) is 0 Å². The average Bonchev–Trinajstić information content (AvgIpc) is 2.75. The molecule has 0 amide bonds. The van der Waals surface area contributed by atoms with Gasteiger partial charge in [0.2, 0.25) is 0 Å². The monoisotopic (exact) mass is 354 g/mol.